The molecule has 1 fully saturated rings. The van der Waals surface area contributed by atoms with Crippen molar-refractivity contribution in [3.63, 3.8) is 0 Å². The minimum absolute atomic E-state index is 0.0269. The lowest BCUT2D eigenvalue weighted by Crippen LogP contribution is -2.52. The van der Waals surface area contributed by atoms with E-state index >= 15 is 0 Å². The quantitative estimate of drug-likeness (QED) is 0.880. The van der Waals surface area contributed by atoms with Gasteiger partial charge in [0.15, 0.2) is 0 Å². The van der Waals surface area contributed by atoms with Gasteiger partial charge in [0.05, 0.1) is 0 Å². The second-order valence-electron chi connectivity index (χ2n) is 6.93. The van der Waals surface area contributed by atoms with E-state index in [-0.39, 0.29) is 6.03 Å². The highest BCUT2D eigenvalue weighted by molar-refractivity contribution is 6.30. The van der Waals surface area contributed by atoms with Crippen molar-refractivity contribution in [1.29, 1.82) is 0 Å². The predicted molar refractivity (Wildman–Crippen MR) is 108 cm³/mol. The Hall–Kier alpha value is -2.20. The lowest BCUT2D eigenvalue weighted by atomic mass is 10.1. The van der Waals surface area contributed by atoms with Crippen LogP contribution in [0.25, 0.3) is 0 Å². The number of amides is 2. The normalized spacial score (nSPS) is 14.4. The summed E-state index contributed by atoms with van der Waals surface area (Å²) >= 11 is 5.89. The molecule has 26 heavy (non-hydrogen) atoms. The number of nitrogens with one attached hydrogen (secondary N) is 1. The van der Waals surface area contributed by atoms with Gasteiger partial charge in [-0.25, -0.2) is 4.79 Å². The van der Waals surface area contributed by atoms with E-state index in [4.69, 9.17) is 11.6 Å². The van der Waals surface area contributed by atoms with Gasteiger partial charge in [0.25, 0.3) is 0 Å². The van der Waals surface area contributed by atoms with Gasteiger partial charge in [0.2, 0.25) is 0 Å². The first-order chi connectivity index (χ1) is 12.5. The first-order valence-electron chi connectivity index (χ1n) is 9.12. The van der Waals surface area contributed by atoms with E-state index in [1.165, 1.54) is 22.4 Å². The van der Waals surface area contributed by atoms with Crippen molar-refractivity contribution >= 4 is 23.3 Å². The molecule has 2 amide bonds. The van der Waals surface area contributed by atoms with Crippen molar-refractivity contribution in [3.8, 4) is 0 Å². The third-order valence-corrected chi connectivity index (χ3v) is 4.99. The summed E-state index contributed by atoms with van der Waals surface area (Å²) in [6.07, 6.45) is 0.811. The van der Waals surface area contributed by atoms with E-state index in [1.807, 2.05) is 29.2 Å². The van der Waals surface area contributed by atoms with Crippen LogP contribution in [0.15, 0.2) is 42.5 Å². The standard InChI is InChI=1S/C21H26ClN3O/c1-16-13-17(2)15-20(14-16)24-9-11-25(12-10-24)21(26)23-8-7-18-3-5-19(22)6-4-18/h3-6,13-15H,7-12H2,1-2H3,(H,23,26). The van der Waals surface area contributed by atoms with E-state index in [1.54, 1.807) is 0 Å². The van der Waals surface area contributed by atoms with E-state index in [2.05, 4.69) is 42.3 Å². The zero-order valence-corrected chi connectivity index (χ0v) is 16.2. The molecule has 3 rings (SSSR count). The highest BCUT2D eigenvalue weighted by atomic mass is 35.5. The summed E-state index contributed by atoms with van der Waals surface area (Å²) in [7, 11) is 0. The summed E-state index contributed by atoms with van der Waals surface area (Å²) in [6.45, 7) is 8.13. The molecule has 0 unspecified atom stereocenters. The van der Waals surface area contributed by atoms with Crippen LogP contribution in [0, 0.1) is 13.8 Å². The molecule has 0 radical (unpaired) electrons. The molecule has 2 aromatic carbocycles. The Balaban J connectivity index is 1.45. The summed E-state index contributed by atoms with van der Waals surface area (Å²) < 4.78 is 0. The third kappa shape index (κ3) is 4.92. The fraction of sp³-hybridized carbons (Fsp3) is 0.381. The number of aryl methyl sites for hydroxylation is 2. The Kier molecular flexibility index (Phi) is 6.04. The highest BCUT2D eigenvalue weighted by Gasteiger charge is 2.21. The molecular formula is C21H26ClN3O. The maximum absolute atomic E-state index is 12.4. The average Bonchev–Trinajstić information content (AvgIpc) is 2.62. The molecule has 0 aliphatic carbocycles. The second kappa shape index (κ2) is 8.45. The molecule has 138 valence electrons. The molecule has 0 spiro atoms. The lowest BCUT2D eigenvalue weighted by molar-refractivity contribution is 0.194. The van der Waals surface area contributed by atoms with Gasteiger partial charge in [-0.2, -0.15) is 0 Å². The van der Waals surface area contributed by atoms with Gasteiger partial charge in [-0.05, 0) is 61.2 Å². The summed E-state index contributed by atoms with van der Waals surface area (Å²) in [5.74, 6) is 0. The van der Waals surface area contributed by atoms with Crippen LogP contribution in [0.4, 0.5) is 10.5 Å². The Morgan fingerprint density at radius 3 is 2.23 bits per heavy atom. The molecular weight excluding hydrogens is 346 g/mol. The van der Waals surface area contributed by atoms with Gasteiger partial charge in [-0.1, -0.05) is 29.8 Å². The van der Waals surface area contributed by atoms with E-state index in [0.29, 0.717) is 6.54 Å². The predicted octanol–water partition coefficient (Wildman–Crippen LogP) is 4.03. The minimum Gasteiger partial charge on any atom is -0.368 e. The fourth-order valence-electron chi connectivity index (χ4n) is 3.38. The van der Waals surface area contributed by atoms with Crippen molar-refractivity contribution < 1.29 is 4.79 Å². The lowest BCUT2D eigenvalue weighted by Gasteiger charge is -2.36. The number of hydrogen-bond donors (Lipinski definition) is 1. The van der Waals surface area contributed by atoms with Crippen molar-refractivity contribution in [1.82, 2.24) is 10.2 Å². The van der Waals surface area contributed by atoms with Crippen LogP contribution in [0.1, 0.15) is 16.7 Å². The second-order valence-corrected chi connectivity index (χ2v) is 7.36. The molecule has 1 aliphatic heterocycles. The average molecular weight is 372 g/mol. The molecule has 5 heteroatoms. The first kappa shape index (κ1) is 18.6. The van der Waals surface area contributed by atoms with Gasteiger partial charge in [0, 0.05) is 43.4 Å². The molecule has 1 N–H and O–H groups in total. The summed E-state index contributed by atoms with van der Waals surface area (Å²) in [5, 5.41) is 3.76. The number of benzene rings is 2. The Morgan fingerprint density at radius 1 is 1.00 bits per heavy atom. The number of anilines is 1. The van der Waals surface area contributed by atoms with Crippen molar-refractivity contribution in [3.05, 3.63) is 64.2 Å². The number of carbonyl (C=O) groups excluding carboxylic acids is 1. The van der Waals surface area contributed by atoms with Crippen molar-refractivity contribution in [2.45, 2.75) is 20.3 Å². The Morgan fingerprint density at radius 2 is 1.62 bits per heavy atom. The molecule has 1 heterocycles. The maximum Gasteiger partial charge on any atom is 0.317 e. The van der Waals surface area contributed by atoms with Crippen LogP contribution in [0.5, 0.6) is 0 Å². The highest BCUT2D eigenvalue weighted by Crippen LogP contribution is 2.20. The molecule has 1 aliphatic rings. The van der Waals surface area contributed by atoms with Crippen LogP contribution in [0.3, 0.4) is 0 Å². The summed E-state index contributed by atoms with van der Waals surface area (Å²) in [5.41, 5.74) is 4.99. The number of nitrogens with zero attached hydrogens (tertiary/aromatic N) is 2. The Labute approximate surface area is 160 Å². The molecule has 4 nitrogen and oxygen atoms in total. The number of hydrogen-bond acceptors (Lipinski definition) is 2. The van der Waals surface area contributed by atoms with Crippen LogP contribution < -0.4 is 10.2 Å². The monoisotopic (exact) mass is 371 g/mol. The van der Waals surface area contributed by atoms with Crippen molar-refractivity contribution in [2.24, 2.45) is 0 Å². The van der Waals surface area contributed by atoms with Gasteiger partial charge < -0.3 is 15.1 Å². The topological polar surface area (TPSA) is 35.6 Å². The molecule has 0 aromatic heterocycles. The van der Waals surface area contributed by atoms with E-state index in [9.17, 15) is 4.79 Å². The first-order valence-corrected chi connectivity index (χ1v) is 9.49. The van der Waals surface area contributed by atoms with E-state index < -0.39 is 0 Å². The van der Waals surface area contributed by atoms with Crippen LogP contribution in [-0.4, -0.2) is 43.7 Å². The summed E-state index contributed by atoms with van der Waals surface area (Å²) in [6, 6.07) is 14.4. The van der Waals surface area contributed by atoms with Crippen LogP contribution >= 0.6 is 11.6 Å². The number of halogens is 1. The van der Waals surface area contributed by atoms with E-state index in [0.717, 1.165) is 37.6 Å². The SMILES string of the molecule is Cc1cc(C)cc(N2CCN(C(=O)NCCc3ccc(Cl)cc3)CC2)c1. The zero-order valence-electron chi connectivity index (χ0n) is 15.5. The molecule has 0 saturated carbocycles. The molecule has 0 bridgehead atoms. The number of rotatable bonds is 4. The zero-order chi connectivity index (χ0) is 18.5. The number of carbonyl (C=O) groups is 1. The van der Waals surface area contributed by atoms with Crippen LogP contribution in [0.2, 0.25) is 5.02 Å². The van der Waals surface area contributed by atoms with Gasteiger partial charge >= 0.3 is 6.03 Å². The smallest absolute Gasteiger partial charge is 0.317 e. The van der Waals surface area contributed by atoms with Crippen LogP contribution in [-0.2, 0) is 6.42 Å². The van der Waals surface area contributed by atoms with Gasteiger partial charge in [-0.15, -0.1) is 0 Å². The van der Waals surface area contributed by atoms with Crippen molar-refractivity contribution in [2.75, 3.05) is 37.6 Å². The molecule has 2 aromatic rings. The third-order valence-electron chi connectivity index (χ3n) is 4.74. The molecule has 0 atom stereocenters. The largest absolute Gasteiger partial charge is 0.368 e. The molecule has 1 saturated heterocycles. The minimum atomic E-state index is 0.0269. The Bertz CT molecular complexity index is 732. The van der Waals surface area contributed by atoms with Gasteiger partial charge in [-0.3, -0.25) is 0 Å². The fourth-order valence-corrected chi connectivity index (χ4v) is 3.50. The number of urea groups is 1. The van der Waals surface area contributed by atoms with Gasteiger partial charge in [0.1, 0.15) is 0 Å². The maximum atomic E-state index is 12.4. The summed E-state index contributed by atoms with van der Waals surface area (Å²) in [4.78, 5) is 16.6. The number of piperazine rings is 1.